The van der Waals surface area contributed by atoms with Crippen LogP contribution in [-0.2, 0) is 14.3 Å². The van der Waals surface area contributed by atoms with Crippen molar-refractivity contribution in [2.75, 3.05) is 18.1 Å². The molecule has 1 aromatic rings. The fourth-order valence-corrected chi connectivity index (χ4v) is 1.92. The van der Waals surface area contributed by atoms with Gasteiger partial charge in [0.1, 0.15) is 12.3 Å². The highest BCUT2D eigenvalue weighted by Crippen LogP contribution is 2.30. The van der Waals surface area contributed by atoms with E-state index in [0.29, 0.717) is 18.0 Å². The van der Waals surface area contributed by atoms with E-state index in [0.717, 1.165) is 0 Å². The molecule has 0 fully saturated rings. The molecule has 5 nitrogen and oxygen atoms in total. The number of benzene rings is 1. The summed E-state index contributed by atoms with van der Waals surface area (Å²) in [6.07, 6.45) is 0.0602. The van der Waals surface area contributed by atoms with Crippen molar-refractivity contribution in [2.24, 2.45) is 0 Å². The second-order valence-electron chi connectivity index (χ2n) is 4.58. The number of hydrogen-bond donors (Lipinski definition) is 0. The van der Waals surface area contributed by atoms with Crippen molar-refractivity contribution < 1.29 is 19.1 Å². The maximum Gasteiger partial charge on any atom is 0.326 e. The standard InChI is InChI=1S/C14H17NO4/c1-10(2)19-14(17)9-15-11-5-3-4-6-12(11)18-8-7-13(15)16/h3-6,10H,7-9H2,1-2H3. The van der Waals surface area contributed by atoms with Crippen molar-refractivity contribution in [2.45, 2.75) is 26.4 Å². The summed E-state index contributed by atoms with van der Waals surface area (Å²) in [5.74, 6) is 0.0661. The summed E-state index contributed by atoms with van der Waals surface area (Å²) in [5, 5.41) is 0. The third-order valence-electron chi connectivity index (χ3n) is 2.68. The van der Waals surface area contributed by atoms with Crippen molar-refractivity contribution in [3.8, 4) is 5.75 Å². The maximum atomic E-state index is 12.0. The molecule has 0 aliphatic carbocycles. The van der Waals surface area contributed by atoms with Crippen molar-refractivity contribution in [3.05, 3.63) is 24.3 Å². The molecule has 1 aliphatic heterocycles. The molecule has 0 saturated heterocycles. The minimum absolute atomic E-state index is 0.0859. The van der Waals surface area contributed by atoms with Gasteiger partial charge in [0.05, 0.1) is 24.8 Å². The van der Waals surface area contributed by atoms with E-state index in [2.05, 4.69) is 0 Å². The number of fused-ring (bicyclic) bond motifs is 1. The van der Waals surface area contributed by atoms with Gasteiger partial charge in [0.2, 0.25) is 5.91 Å². The van der Waals surface area contributed by atoms with Crippen LogP contribution in [0.2, 0.25) is 0 Å². The molecule has 0 unspecified atom stereocenters. The third-order valence-corrected chi connectivity index (χ3v) is 2.68. The third kappa shape index (κ3) is 3.24. The average Bonchev–Trinajstić information content (AvgIpc) is 2.49. The van der Waals surface area contributed by atoms with Gasteiger partial charge < -0.3 is 9.47 Å². The quantitative estimate of drug-likeness (QED) is 0.780. The molecule has 1 aliphatic rings. The van der Waals surface area contributed by atoms with Crippen LogP contribution in [0.15, 0.2) is 24.3 Å². The zero-order valence-corrected chi connectivity index (χ0v) is 11.1. The summed E-state index contributed by atoms with van der Waals surface area (Å²) in [6, 6.07) is 7.19. The number of carbonyl (C=O) groups excluding carboxylic acids is 2. The van der Waals surface area contributed by atoms with Gasteiger partial charge in [-0.3, -0.25) is 14.5 Å². The molecule has 2 rings (SSSR count). The molecule has 5 heteroatoms. The zero-order valence-electron chi connectivity index (χ0n) is 11.1. The summed E-state index contributed by atoms with van der Waals surface area (Å²) in [6.45, 7) is 3.79. The number of rotatable bonds is 3. The van der Waals surface area contributed by atoms with E-state index in [9.17, 15) is 9.59 Å². The highest BCUT2D eigenvalue weighted by Gasteiger charge is 2.25. The lowest BCUT2D eigenvalue weighted by molar-refractivity contribution is -0.146. The molecule has 0 radical (unpaired) electrons. The molecule has 0 aromatic heterocycles. The van der Waals surface area contributed by atoms with Gasteiger partial charge in [-0.1, -0.05) is 12.1 Å². The SMILES string of the molecule is CC(C)OC(=O)CN1C(=O)CCOc2ccccc21. The Labute approximate surface area is 112 Å². The van der Waals surface area contributed by atoms with E-state index in [1.165, 1.54) is 4.90 Å². The first-order chi connectivity index (χ1) is 9.08. The van der Waals surface area contributed by atoms with Crippen LogP contribution in [0.1, 0.15) is 20.3 Å². The van der Waals surface area contributed by atoms with Gasteiger partial charge in [-0.15, -0.1) is 0 Å². The lowest BCUT2D eigenvalue weighted by atomic mass is 10.2. The van der Waals surface area contributed by atoms with Gasteiger partial charge >= 0.3 is 5.97 Å². The van der Waals surface area contributed by atoms with Crippen molar-refractivity contribution >= 4 is 17.6 Å². The smallest absolute Gasteiger partial charge is 0.326 e. The largest absolute Gasteiger partial charge is 0.491 e. The number of nitrogens with zero attached hydrogens (tertiary/aromatic N) is 1. The molecule has 0 atom stereocenters. The molecular weight excluding hydrogens is 246 g/mol. The number of esters is 1. The lowest BCUT2D eigenvalue weighted by Gasteiger charge is -2.21. The number of anilines is 1. The molecule has 19 heavy (non-hydrogen) atoms. The fourth-order valence-electron chi connectivity index (χ4n) is 1.92. The topological polar surface area (TPSA) is 55.8 Å². The number of ether oxygens (including phenoxy) is 2. The Kier molecular flexibility index (Phi) is 4.04. The summed E-state index contributed by atoms with van der Waals surface area (Å²) in [7, 11) is 0. The number of carbonyl (C=O) groups is 2. The van der Waals surface area contributed by atoms with Crippen LogP contribution < -0.4 is 9.64 Å². The number of amides is 1. The molecule has 1 amide bonds. The summed E-state index contributed by atoms with van der Waals surface area (Å²) < 4.78 is 10.6. The minimum atomic E-state index is -0.417. The molecule has 1 aromatic carbocycles. The Hall–Kier alpha value is -2.04. The van der Waals surface area contributed by atoms with Gasteiger partial charge in [0.25, 0.3) is 0 Å². The molecule has 0 saturated carbocycles. The zero-order chi connectivity index (χ0) is 13.8. The molecule has 0 N–H and O–H groups in total. The first-order valence-corrected chi connectivity index (χ1v) is 6.29. The molecule has 102 valence electrons. The van der Waals surface area contributed by atoms with Crippen molar-refractivity contribution in [1.29, 1.82) is 0 Å². The molecule has 0 bridgehead atoms. The number of para-hydroxylation sites is 2. The van der Waals surface area contributed by atoms with E-state index >= 15 is 0 Å². The average molecular weight is 263 g/mol. The van der Waals surface area contributed by atoms with Gasteiger partial charge in [-0.2, -0.15) is 0 Å². The second kappa shape index (κ2) is 5.73. The van der Waals surface area contributed by atoms with E-state index in [-0.39, 0.29) is 25.0 Å². The first-order valence-electron chi connectivity index (χ1n) is 6.29. The van der Waals surface area contributed by atoms with Crippen LogP contribution in [0.4, 0.5) is 5.69 Å². The van der Waals surface area contributed by atoms with E-state index in [1.807, 2.05) is 12.1 Å². The van der Waals surface area contributed by atoms with Gasteiger partial charge in [0, 0.05) is 0 Å². The van der Waals surface area contributed by atoms with Crippen LogP contribution in [0.3, 0.4) is 0 Å². The Morgan fingerprint density at radius 1 is 1.42 bits per heavy atom. The predicted octanol–water partition coefficient (Wildman–Crippen LogP) is 1.75. The van der Waals surface area contributed by atoms with Gasteiger partial charge in [-0.05, 0) is 26.0 Å². The van der Waals surface area contributed by atoms with E-state index in [4.69, 9.17) is 9.47 Å². The predicted molar refractivity (Wildman–Crippen MR) is 70.1 cm³/mol. The Morgan fingerprint density at radius 2 is 2.16 bits per heavy atom. The normalized spacial score (nSPS) is 14.7. The highest BCUT2D eigenvalue weighted by atomic mass is 16.5. The van der Waals surface area contributed by atoms with Crippen LogP contribution >= 0.6 is 0 Å². The van der Waals surface area contributed by atoms with Crippen molar-refractivity contribution in [3.63, 3.8) is 0 Å². The summed E-state index contributed by atoms with van der Waals surface area (Å²) in [4.78, 5) is 25.2. The number of hydrogen-bond acceptors (Lipinski definition) is 4. The first kappa shape index (κ1) is 13.4. The van der Waals surface area contributed by atoms with Crippen LogP contribution in [0.5, 0.6) is 5.75 Å². The highest BCUT2D eigenvalue weighted by molar-refractivity contribution is 5.99. The van der Waals surface area contributed by atoms with Crippen LogP contribution in [0.25, 0.3) is 0 Å². The van der Waals surface area contributed by atoms with Gasteiger partial charge in [0.15, 0.2) is 0 Å². The second-order valence-corrected chi connectivity index (χ2v) is 4.58. The molecule has 1 heterocycles. The van der Waals surface area contributed by atoms with Crippen LogP contribution in [-0.4, -0.2) is 31.1 Å². The van der Waals surface area contributed by atoms with Crippen molar-refractivity contribution in [1.82, 2.24) is 0 Å². The van der Waals surface area contributed by atoms with Crippen LogP contribution in [0, 0.1) is 0 Å². The minimum Gasteiger partial charge on any atom is -0.491 e. The Balaban J connectivity index is 2.21. The fraction of sp³-hybridized carbons (Fsp3) is 0.429. The monoisotopic (exact) mass is 263 g/mol. The maximum absolute atomic E-state index is 12.0. The summed E-state index contributed by atoms with van der Waals surface area (Å²) in [5.41, 5.74) is 0.616. The van der Waals surface area contributed by atoms with E-state index in [1.54, 1.807) is 26.0 Å². The molecular formula is C14H17NO4. The lowest BCUT2D eigenvalue weighted by Crippen LogP contribution is -2.36. The van der Waals surface area contributed by atoms with E-state index < -0.39 is 5.97 Å². The Morgan fingerprint density at radius 3 is 2.89 bits per heavy atom. The summed E-state index contributed by atoms with van der Waals surface area (Å²) >= 11 is 0. The Bertz CT molecular complexity index is 484. The molecule has 0 spiro atoms. The van der Waals surface area contributed by atoms with Gasteiger partial charge in [-0.25, -0.2) is 0 Å².